The Morgan fingerprint density at radius 1 is 1.56 bits per heavy atom. The summed E-state index contributed by atoms with van der Waals surface area (Å²) in [6.45, 7) is 2.84. The molecule has 0 bridgehead atoms. The predicted octanol–water partition coefficient (Wildman–Crippen LogP) is 2.59. The van der Waals surface area contributed by atoms with Crippen LogP contribution in [-0.2, 0) is 0 Å². The summed E-state index contributed by atoms with van der Waals surface area (Å²) in [5.41, 5.74) is 1.38. The van der Waals surface area contributed by atoms with Crippen molar-refractivity contribution in [3.05, 3.63) is 28.8 Å². The Labute approximate surface area is 109 Å². The quantitative estimate of drug-likeness (QED) is 0.888. The predicted molar refractivity (Wildman–Crippen MR) is 71.7 cm³/mol. The van der Waals surface area contributed by atoms with Crippen molar-refractivity contribution in [3.8, 4) is 10.6 Å². The normalized spacial score (nSPS) is 14.7. The van der Waals surface area contributed by atoms with Gasteiger partial charge in [0, 0.05) is 11.4 Å². The molecule has 0 atom stereocenters. The van der Waals surface area contributed by atoms with Gasteiger partial charge in [-0.1, -0.05) is 0 Å². The molecule has 94 valence electrons. The summed E-state index contributed by atoms with van der Waals surface area (Å²) >= 11 is 1.69. The minimum absolute atomic E-state index is 0.0855. The lowest BCUT2D eigenvalue weighted by molar-refractivity contribution is 0.0947. The summed E-state index contributed by atoms with van der Waals surface area (Å²) in [6, 6.07) is 5.92. The number of carbonyl (C=O) groups excluding carboxylic acids is 1. The van der Waals surface area contributed by atoms with E-state index in [2.05, 4.69) is 28.5 Å². The average Bonchev–Trinajstić information content (AvgIpc) is 2.87. The van der Waals surface area contributed by atoms with Crippen LogP contribution in [0.1, 0.15) is 28.2 Å². The van der Waals surface area contributed by atoms with Crippen molar-refractivity contribution in [2.45, 2.75) is 19.8 Å². The van der Waals surface area contributed by atoms with E-state index < -0.39 is 0 Å². The van der Waals surface area contributed by atoms with E-state index in [4.69, 9.17) is 0 Å². The lowest BCUT2D eigenvalue weighted by atomic mass is 10.3. The van der Waals surface area contributed by atoms with Crippen LogP contribution in [0, 0.1) is 12.8 Å². The summed E-state index contributed by atoms with van der Waals surface area (Å²) in [7, 11) is 0. The summed E-state index contributed by atoms with van der Waals surface area (Å²) in [5, 5.41) is 9.90. The number of rotatable bonds is 4. The van der Waals surface area contributed by atoms with Crippen molar-refractivity contribution in [1.82, 2.24) is 15.5 Å². The number of amides is 1. The highest BCUT2D eigenvalue weighted by atomic mass is 32.1. The van der Waals surface area contributed by atoms with Crippen molar-refractivity contribution in [2.24, 2.45) is 5.92 Å². The number of thiophene rings is 1. The number of carbonyl (C=O) groups is 1. The van der Waals surface area contributed by atoms with Gasteiger partial charge >= 0.3 is 0 Å². The first kappa shape index (κ1) is 11.5. The first-order chi connectivity index (χ1) is 8.72. The maximum atomic E-state index is 11.8. The van der Waals surface area contributed by atoms with Gasteiger partial charge in [0.15, 0.2) is 5.69 Å². The van der Waals surface area contributed by atoms with Gasteiger partial charge in [-0.25, -0.2) is 0 Å². The highest BCUT2D eigenvalue weighted by Crippen LogP contribution is 2.28. The molecule has 5 heteroatoms. The highest BCUT2D eigenvalue weighted by Gasteiger charge is 2.22. The molecule has 1 aliphatic rings. The number of aromatic nitrogens is 2. The summed E-state index contributed by atoms with van der Waals surface area (Å²) < 4.78 is 0. The maximum absolute atomic E-state index is 11.8. The molecular weight excluding hydrogens is 246 g/mol. The van der Waals surface area contributed by atoms with E-state index in [0.29, 0.717) is 11.6 Å². The topological polar surface area (TPSA) is 57.8 Å². The SMILES string of the molecule is Cc1ccc(-c2cc(C(=O)NCC3CC3)n[nH]2)s1. The Morgan fingerprint density at radius 3 is 3.06 bits per heavy atom. The number of nitrogens with zero attached hydrogens (tertiary/aromatic N) is 1. The van der Waals surface area contributed by atoms with Crippen molar-refractivity contribution in [2.75, 3.05) is 6.54 Å². The van der Waals surface area contributed by atoms with Gasteiger partial charge in [-0.3, -0.25) is 9.89 Å². The minimum atomic E-state index is -0.0855. The van der Waals surface area contributed by atoms with Crippen molar-refractivity contribution in [1.29, 1.82) is 0 Å². The number of hydrogen-bond donors (Lipinski definition) is 2. The van der Waals surface area contributed by atoms with Gasteiger partial charge in [0.2, 0.25) is 0 Å². The molecule has 1 saturated carbocycles. The molecule has 2 aromatic rings. The molecule has 0 radical (unpaired) electrons. The Balaban J connectivity index is 1.70. The Kier molecular flexibility index (Phi) is 2.91. The third-order valence-corrected chi connectivity index (χ3v) is 4.10. The molecule has 0 aliphatic heterocycles. The fourth-order valence-electron chi connectivity index (χ4n) is 1.79. The molecule has 0 spiro atoms. The molecule has 1 aliphatic carbocycles. The second-order valence-electron chi connectivity index (χ2n) is 4.73. The highest BCUT2D eigenvalue weighted by molar-refractivity contribution is 7.15. The van der Waals surface area contributed by atoms with Gasteiger partial charge in [-0.2, -0.15) is 5.10 Å². The molecule has 1 fully saturated rings. The Bertz CT molecular complexity index is 568. The molecule has 2 N–H and O–H groups in total. The van der Waals surface area contributed by atoms with E-state index in [1.807, 2.05) is 12.1 Å². The van der Waals surface area contributed by atoms with Crippen molar-refractivity contribution >= 4 is 17.2 Å². The van der Waals surface area contributed by atoms with Crippen molar-refractivity contribution in [3.63, 3.8) is 0 Å². The second kappa shape index (κ2) is 4.57. The Morgan fingerprint density at radius 2 is 2.39 bits per heavy atom. The van der Waals surface area contributed by atoms with E-state index in [1.54, 1.807) is 11.3 Å². The summed E-state index contributed by atoms with van der Waals surface area (Å²) in [5.74, 6) is 0.602. The van der Waals surface area contributed by atoms with Crippen LogP contribution in [0.2, 0.25) is 0 Å². The van der Waals surface area contributed by atoms with Gasteiger partial charge in [0.1, 0.15) is 0 Å². The van der Waals surface area contributed by atoms with Gasteiger partial charge in [-0.15, -0.1) is 11.3 Å². The van der Waals surface area contributed by atoms with Crippen LogP contribution in [0.4, 0.5) is 0 Å². The van der Waals surface area contributed by atoms with E-state index >= 15 is 0 Å². The Hall–Kier alpha value is -1.62. The van der Waals surface area contributed by atoms with Gasteiger partial charge in [0.25, 0.3) is 5.91 Å². The second-order valence-corrected chi connectivity index (χ2v) is 6.02. The molecular formula is C13H15N3OS. The fraction of sp³-hybridized carbons (Fsp3) is 0.385. The molecule has 2 aromatic heterocycles. The first-order valence-corrected chi connectivity index (χ1v) is 6.94. The minimum Gasteiger partial charge on any atom is -0.350 e. The van der Waals surface area contributed by atoms with Crippen LogP contribution in [0.25, 0.3) is 10.6 Å². The van der Waals surface area contributed by atoms with Crippen LogP contribution >= 0.6 is 11.3 Å². The maximum Gasteiger partial charge on any atom is 0.271 e. The number of nitrogens with one attached hydrogen (secondary N) is 2. The molecule has 18 heavy (non-hydrogen) atoms. The van der Waals surface area contributed by atoms with E-state index in [0.717, 1.165) is 17.1 Å². The zero-order chi connectivity index (χ0) is 12.5. The molecule has 0 unspecified atom stereocenters. The number of H-pyrrole nitrogens is 1. The smallest absolute Gasteiger partial charge is 0.271 e. The standard InChI is InChI=1S/C13H15N3OS/c1-8-2-5-12(18-8)10-6-11(16-15-10)13(17)14-7-9-3-4-9/h2,5-6,9H,3-4,7H2,1H3,(H,14,17)(H,15,16). The lowest BCUT2D eigenvalue weighted by Crippen LogP contribution is -2.25. The van der Waals surface area contributed by atoms with Gasteiger partial charge in [-0.05, 0) is 43.9 Å². The molecule has 2 heterocycles. The van der Waals surface area contributed by atoms with Gasteiger partial charge < -0.3 is 5.32 Å². The summed E-state index contributed by atoms with van der Waals surface area (Å²) in [6.07, 6.45) is 2.47. The number of aryl methyl sites for hydroxylation is 1. The number of hydrogen-bond acceptors (Lipinski definition) is 3. The summed E-state index contributed by atoms with van der Waals surface area (Å²) in [4.78, 5) is 14.2. The van der Waals surface area contributed by atoms with E-state index in [-0.39, 0.29) is 5.91 Å². The van der Waals surface area contributed by atoms with Gasteiger partial charge in [0.05, 0.1) is 10.6 Å². The fourth-order valence-corrected chi connectivity index (χ4v) is 2.63. The molecule has 0 saturated heterocycles. The van der Waals surface area contributed by atoms with Crippen LogP contribution in [-0.4, -0.2) is 22.6 Å². The van der Waals surface area contributed by atoms with E-state index in [1.165, 1.54) is 17.7 Å². The lowest BCUT2D eigenvalue weighted by Gasteiger charge is -1.99. The zero-order valence-electron chi connectivity index (χ0n) is 10.2. The number of aromatic amines is 1. The van der Waals surface area contributed by atoms with Crippen molar-refractivity contribution < 1.29 is 4.79 Å². The van der Waals surface area contributed by atoms with Crippen LogP contribution in [0.3, 0.4) is 0 Å². The molecule has 1 amide bonds. The van der Waals surface area contributed by atoms with Crippen LogP contribution in [0.5, 0.6) is 0 Å². The molecule has 3 rings (SSSR count). The molecule has 0 aromatic carbocycles. The first-order valence-electron chi connectivity index (χ1n) is 6.13. The molecule has 4 nitrogen and oxygen atoms in total. The monoisotopic (exact) mass is 261 g/mol. The third-order valence-electron chi connectivity index (χ3n) is 3.06. The van der Waals surface area contributed by atoms with E-state index in [9.17, 15) is 4.79 Å². The average molecular weight is 261 g/mol. The van der Waals surface area contributed by atoms with Crippen LogP contribution < -0.4 is 5.32 Å². The zero-order valence-corrected chi connectivity index (χ0v) is 11.0. The third kappa shape index (κ3) is 2.46. The van der Waals surface area contributed by atoms with Crippen LogP contribution in [0.15, 0.2) is 18.2 Å². The largest absolute Gasteiger partial charge is 0.350 e.